The Morgan fingerprint density at radius 1 is 1.33 bits per heavy atom. The molecule has 1 aliphatic heterocycles. The molecule has 1 aromatic carbocycles. The fourth-order valence-electron chi connectivity index (χ4n) is 3.16. The van der Waals surface area contributed by atoms with Crippen molar-refractivity contribution in [3.05, 3.63) is 29.6 Å². The zero-order valence-electron chi connectivity index (χ0n) is 12.9. The number of hydrogen-bond acceptors (Lipinski definition) is 4. The number of carbonyl (C=O) groups excluding carboxylic acids is 1. The van der Waals surface area contributed by atoms with Crippen molar-refractivity contribution >= 4 is 11.7 Å². The molecule has 2 atom stereocenters. The van der Waals surface area contributed by atoms with Gasteiger partial charge in [0.1, 0.15) is 11.4 Å². The third kappa shape index (κ3) is 3.53. The van der Waals surface area contributed by atoms with E-state index in [1.165, 1.54) is 19.2 Å². The van der Waals surface area contributed by atoms with Crippen molar-refractivity contribution in [3.63, 3.8) is 0 Å². The van der Waals surface area contributed by atoms with Gasteiger partial charge < -0.3 is 14.8 Å². The average Bonchev–Trinajstić information content (AvgIpc) is 2.34. The Morgan fingerprint density at radius 2 is 1.95 bits per heavy atom. The summed E-state index contributed by atoms with van der Waals surface area (Å²) in [5, 5.41) is 3.19. The maximum atomic E-state index is 13.6. The predicted molar refractivity (Wildman–Crippen MR) is 78.7 cm³/mol. The van der Waals surface area contributed by atoms with Gasteiger partial charge in [-0.15, -0.1) is 0 Å². The monoisotopic (exact) mass is 295 g/mol. The molecule has 0 radical (unpaired) electrons. The van der Waals surface area contributed by atoms with Crippen molar-refractivity contribution in [2.45, 2.75) is 51.4 Å². The van der Waals surface area contributed by atoms with Crippen molar-refractivity contribution in [2.75, 3.05) is 12.4 Å². The molecule has 2 rings (SSSR count). The van der Waals surface area contributed by atoms with E-state index in [4.69, 9.17) is 9.47 Å². The smallest absolute Gasteiger partial charge is 0.331 e. The Morgan fingerprint density at radius 3 is 2.48 bits per heavy atom. The Labute approximate surface area is 124 Å². The average molecular weight is 295 g/mol. The highest BCUT2D eigenvalue weighted by molar-refractivity contribution is 5.85. The summed E-state index contributed by atoms with van der Waals surface area (Å²) in [7, 11) is 1.37. The normalized spacial score (nSPS) is 29.0. The molecule has 1 heterocycles. The lowest BCUT2D eigenvalue weighted by Gasteiger charge is -2.41. The van der Waals surface area contributed by atoms with E-state index in [-0.39, 0.29) is 24.0 Å². The van der Waals surface area contributed by atoms with Crippen LogP contribution in [-0.4, -0.2) is 30.8 Å². The first kappa shape index (κ1) is 15.8. The number of nitrogens with one attached hydrogen (secondary N) is 1. The Balaban J connectivity index is 2.34. The molecule has 0 amide bonds. The van der Waals surface area contributed by atoms with Crippen LogP contribution in [0.1, 0.15) is 32.3 Å². The molecule has 5 heteroatoms. The summed E-state index contributed by atoms with van der Waals surface area (Å²) in [6.45, 7) is 5.66. The molecule has 1 N–H and O–H groups in total. The molecule has 1 aliphatic rings. The van der Waals surface area contributed by atoms with Gasteiger partial charge in [0.2, 0.25) is 0 Å². The Kier molecular flexibility index (Phi) is 4.52. The highest BCUT2D eigenvalue weighted by atomic mass is 19.1. The maximum Gasteiger partial charge on any atom is 0.331 e. The molecule has 0 aliphatic carbocycles. The summed E-state index contributed by atoms with van der Waals surface area (Å²) in [4.78, 5) is 12.3. The first-order valence-electron chi connectivity index (χ1n) is 7.14. The van der Waals surface area contributed by atoms with Crippen molar-refractivity contribution in [2.24, 2.45) is 0 Å². The minimum Gasteiger partial charge on any atom is -0.467 e. The van der Waals surface area contributed by atoms with Gasteiger partial charge in [-0.25, -0.2) is 9.18 Å². The van der Waals surface area contributed by atoms with E-state index in [0.29, 0.717) is 18.5 Å². The topological polar surface area (TPSA) is 47.6 Å². The number of esters is 1. The summed E-state index contributed by atoms with van der Waals surface area (Å²) in [6, 6.07) is 4.66. The molecule has 116 valence electrons. The lowest BCUT2D eigenvalue weighted by atomic mass is 9.83. The second kappa shape index (κ2) is 6.02. The van der Waals surface area contributed by atoms with Crippen LogP contribution in [0, 0.1) is 12.7 Å². The molecule has 4 nitrogen and oxygen atoms in total. The minimum absolute atomic E-state index is 0.0741. The maximum absolute atomic E-state index is 13.6. The third-order valence-corrected chi connectivity index (χ3v) is 3.74. The van der Waals surface area contributed by atoms with Crippen LogP contribution in [-0.2, 0) is 14.3 Å². The molecule has 1 aromatic rings. The molecule has 0 aromatic heterocycles. The Hall–Kier alpha value is -1.62. The van der Waals surface area contributed by atoms with Crippen LogP contribution >= 0.6 is 0 Å². The quantitative estimate of drug-likeness (QED) is 0.871. The second-order valence-electron chi connectivity index (χ2n) is 5.88. The highest BCUT2D eigenvalue weighted by Gasteiger charge is 2.46. The summed E-state index contributed by atoms with van der Waals surface area (Å²) >= 11 is 0. The summed E-state index contributed by atoms with van der Waals surface area (Å²) < 4.78 is 24.2. The zero-order valence-corrected chi connectivity index (χ0v) is 12.9. The number of rotatable bonds is 3. The summed E-state index contributed by atoms with van der Waals surface area (Å²) in [5.41, 5.74) is 0.497. The van der Waals surface area contributed by atoms with E-state index >= 15 is 0 Å². The molecule has 0 spiro atoms. The standard InChI is InChI=1S/C16H22FNO3/c1-10-5-13(17)7-14(6-10)18-16(15(19)20-4)8-11(2)21-12(3)9-16/h5-7,11-12,18H,8-9H2,1-4H3. The van der Waals surface area contributed by atoms with Crippen LogP contribution in [0.15, 0.2) is 18.2 Å². The zero-order chi connectivity index (χ0) is 15.6. The van der Waals surface area contributed by atoms with Crippen LogP contribution in [0.2, 0.25) is 0 Å². The van der Waals surface area contributed by atoms with Gasteiger partial charge in [-0.3, -0.25) is 0 Å². The van der Waals surface area contributed by atoms with Gasteiger partial charge in [-0.05, 0) is 44.5 Å². The van der Waals surface area contributed by atoms with Crippen LogP contribution in [0.5, 0.6) is 0 Å². The SMILES string of the molecule is COC(=O)C1(Nc2cc(C)cc(F)c2)CC(C)OC(C)C1. The predicted octanol–water partition coefficient (Wildman–Crippen LogP) is 3.05. The van der Waals surface area contributed by atoms with Gasteiger partial charge >= 0.3 is 5.97 Å². The molecule has 0 bridgehead atoms. The van der Waals surface area contributed by atoms with Crippen LogP contribution in [0.25, 0.3) is 0 Å². The van der Waals surface area contributed by atoms with Gasteiger partial charge in [0.15, 0.2) is 0 Å². The molecule has 21 heavy (non-hydrogen) atoms. The van der Waals surface area contributed by atoms with Crippen molar-refractivity contribution < 1.29 is 18.7 Å². The summed E-state index contributed by atoms with van der Waals surface area (Å²) in [6.07, 6.45) is 0.823. The fraction of sp³-hybridized carbons (Fsp3) is 0.562. The van der Waals surface area contributed by atoms with E-state index in [9.17, 15) is 9.18 Å². The molecule has 1 saturated heterocycles. The van der Waals surface area contributed by atoms with Gasteiger partial charge in [0.05, 0.1) is 19.3 Å². The van der Waals surface area contributed by atoms with Crippen molar-refractivity contribution in [3.8, 4) is 0 Å². The number of carbonyl (C=O) groups is 1. The van der Waals surface area contributed by atoms with Crippen LogP contribution < -0.4 is 5.32 Å². The van der Waals surface area contributed by atoms with E-state index in [1.54, 1.807) is 0 Å². The van der Waals surface area contributed by atoms with Gasteiger partial charge in [0, 0.05) is 18.5 Å². The first-order valence-corrected chi connectivity index (χ1v) is 7.14. The number of methoxy groups -OCH3 is 1. The number of hydrogen-bond donors (Lipinski definition) is 1. The summed E-state index contributed by atoms with van der Waals surface area (Å²) in [5.74, 6) is -0.669. The second-order valence-corrected chi connectivity index (χ2v) is 5.88. The molecule has 1 fully saturated rings. The number of ether oxygens (including phenoxy) is 2. The van der Waals surface area contributed by atoms with Gasteiger partial charge in [-0.2, -0.15) is 0 Å². The van der Waals surface area contributed by atoms with Gasteiger partial charge in [-0.1, -0.05) is 0 Å². The van der Waals surface area contributed by atoms with E-state index in [2.05, 4.69) is 5.32 Å². The van der Waals surface area contributed by atoms with E-state index < -0.39 is 5.54 Å². The lowest BCUT2D eigenvalue weighted by Crippen LogP contribution is -2.55. The number of anilines is 1. The molecular formula is C16H22FNO3. The van der Waals surface area contributed by atoms with Gasteiger partial charge in [0.25, 0.3) is 0 Å². The largest absolute Gasteiger partial charge is 0.467 e. The number of aryl methyl sites for hydroxylation is 1. The van der Waals surface area contributed by atoms with Crippen molar-refractivity contribution in [1.29, 1.82) is 0 Å². The van der Waals surface area contributed by atoms with Crippen LogP contribution in [0.3, 0.4) is 0 Å². The van der Waals surface area contributed by atoms with Crippen LogP contribution in [0.4, 0.5) is 10.1 Å². The highest BCUT2D eigenvalue weighted by Crippen LogP contribution is 2.33. The van der Waals surface area contributed by atoms with Crippen molar-refractivity contribution in [1.82, 2.24) is 0 Å². The minimum atomic E-state index is -0.883. The molecule has 0 saturated carbocycles. The molecular weight excluding hydrogens is 273 g/mol. The lowest BCUT2D eigenvalue weighted by molar-refractivity contribution is -0.154. The number of halogens is 1. The third-order valence-electron chi connectivity index (χ3n) is 3.74. The fourth-order valence-corrected chi connectivity index (χ4v) is 3.16. The van der Waals surface area contributed by atoms with E-state index in [1.807, 2.05) is 26.8 Å². The first-order chi connectivity index (χ1) is 9.84. The molecule has 2 unspecified atom stereocenters. The Bertz CT molecular complexity index is 502. The van der Waals surface area contributed by atoms with E-state index in [0.717, 1.165) is 5.56 Å². The number of benzene rings is 1.